The number of benzene rings is 1. The lowest BCUT2D eigenvalue weighted by atomic mass is 10.0. The lowest BCUT2D eigenvalue weighted by molar-refractivity contribution is -0.130. The van der Waals surface area contributed by atoms with Crippen LogP contribution in [0.2, 0.25) is 0 Å². The van der Waals surface area contributed by atoms with Crippen LogP contribution in [0.25, 0.3) is 0 Å². The van der Waals surface area contributed by atoms with Crippen LogP contribution >= 0.6 is 0 Å². The Labute approximate surface area is 132 Å². The highest BCUT2D eigenvalue weighted by Crippen LogP contribution is 2.34. The lowest BCUT2D eigenvalue weighted by Crippen LogP contribution is -2.51. The fourth-order valence-electron chi connectivity index (χ4n) is 2.56. The van der Waals surface area contributed by atoms with Crippen LogP contribution in [-0.2, 0) is 11.2 Å². The molecule has 5 heteroatoms. The second-order valence-corrected chi connectivity index (χ2v) is 6.21. The van der Waals surface area contributed by atoms with Gasteiger partial charge in [-0.3, -0.25) is 4.79 Å². The summed E-state index contributed by atoms with van der Waals surface area (Å²) in [6.07, 6.45) is 3.14. The van der Waals surface area contributed by atoms with Gasteiger partial charge in [0.2, 0.25) is 5.91 Å². The summed E-state index contributed by atoms with van der Waals surface area (Å²) in [6.45, 7) is 1.70. The number of hydrogen-bond acceptors (Lipinski definition) is 2. The summed E-state index contributed by atoms with van der Waals surface area (Å²) in [4.78, 5) is 25.4. The van der Waals surface area contributed by atoms with E-state index in [9.17, 15) is 9.59 Å². The van der Waals surface area contributed by atoms with E-state index in [4.69, 9.17) is 0 Å². The fraction of sp³-hybridized carbons (Fsp3) is 0.529. The van der Waals surface area contributed by atoms with Crippen molar-refractivity contribution in [2.75, 3.05) is 14.1 Å². The minimum atomic E-state index is -0.522. The molecule has 0 saturated heterocycles. The van der Waals surface area contributed by atoms with Crippen LogP contribution in [0.15, 0.2) is 30.3 Å². The topological polar surface area (TPSA) is 61.4 Å². The number of hydrogen-bond donors (Lipinski definition) is 2. The van der Waals surface area contributed by atoms with E-state index < -0.39 is 6.04 Å². The number of likely N-dealkylation sites (N-methyl/N-ethyl adjacent to an activating group) is 1. The van der Waals surface area contributed by atoms with Crippen LogP contribution in [0.4, 0.5) is 4.79 Å². The van der Waals surface area contributed by atoms with Crippen molar-refractivity contribution in [1.29, 1.82) is 0 Å². The van der Waals surface area contributed by atoms with E-state index in [1.54, 1.807) is 21.0 Å². The zero-order valence-electron chi connectivity index (χ0n) is 13.5. The van der Waals surface area contributed by atoms with Gasteiger partial charge in [-0.1, -0.05) is 30.3 Å². The van der Waals surface area contributed by atoms with Gasteiger partial charge in [-0.25, -0.2) is 4.79 Å². The van der Waals surface area contributed by atoms with Crippen molar-refractivity contribution < 1.29 is 9.59 Å². The third-order valence-electron chi connectivity index (χ3n) is 3.96. The first-order valence-corrected chi connectivity index (χ1v) is 7.79. The molecule has 1 aromatic rings. The van der Waals surface area contributed by atoms with Gasteiger partial charge in [0.1, 0.15) is 6.04 Å². The van der Waals surface area contributed by atoms with Gasteiger partial charge in [-0.05, 0) is 37.7 Å². The SMILES string of the molecule is C[C@@H](NC(=O)N[C@H](Cc1ccccc1)C1CC1)C(=O)N(C)C. The maximum Gasteiger partial charge on any atom is 0.315 e. The summed E-state index contributed by atoms with van der Waals surface area (Å²) < 4.78 is 0. The van der Waals surface area contributed by atoms with Crippen molar-refractivity contribution in [2.45, 2.75) is 38.3 Å². The first kappa shape index (κ1) is 16.3. The molecule has 1 aromatic carbocycles. The average molecular weight is 303 g/mol. The van der Waals surface area contributed by atoms with Crippen molar-refractivity contribution in [2.24, 2.45) is 5.92 Å². The minimum Gasteiger partial charge on any atom is -0.347 e. The van der Waals surface area contributed by atoms with Crippen LogP contribution < -0.4 is 10.6 Å². The van der Waals surface area contributed by atoms with E-state index in [1.165, 1.54) is 10.5 Å². The van der Waals surface area contributed by atoms with Crippen molar-refractivity contribution in [1.82, 2.24) is 15.5 Å². The Bertz CT molecular complexity index is 512. The summed E-state index contributed by atoms with van der Waals surface area (Å²) in [5.41, 5.74) is 1.22. The van der Waals surface area contributed by atoms with Crippen molar-refractivity contribution in [3.05, 3.63) is 35.9 Å². The van der Waals surface area contributed by atoms with Crippen LogP contribution in [0.3, 0.4) is 0 Å². The summed E-state index contributed by atoms with van der Waals surface area (Å²) in [6, 6.07) is 9.50. The molecule has 3 amide bonds. The molecule has 0 bridgehead atoms. The molecule has 22 heavy (non-hydrogen) atoms. The van der Waals surface area contributed by atoms with Crippen LogP contribution in [0.1, 0.15) is 25.3 Å². The molecule has 5 nitrogen and oxygen atoms in total. The molecule has 1 saturated carbocycles. The molecule has 0 spiro atoms. The van der Waals surface area contributed by atoms with Gasteiger partial charge in [0.05, 0.1) is 0 Å². The Kier molecular flexibility index (Phi) is 5.41. The highest BCUT2D eigenvalue weighted by atomic mass is 16.2. The van der Waals surface area contributed by atoms with Crippen molar-refractivity contribution in [3.8, 4) is 0 Å². The van der Waals surface area contributed by atoms with E-state index in [1.807, 2.05) is 18.2 Å². The summed E-state index contributed by atoms with van der Waals surface area (Å²) in [5.74, 6) is 0.437. The van der Waals surface area contributed by atoms with E-state index in [0.29, 0.717) is 5.92 Å². The molecule has 2 atom stereocenters. The standard InChI is InChI=1S/C17H25N3O2/c1-12(16(21)20(2)3)18-17(22)19-15(14-9-10-14)11-13-7-5-4-6-8-13/h4-8,12,14-15H,9-11H2,1-3H3,(H2,18,19,22)/t12-,15-/m1/s1. The average Bonchev–Trinajstić information content (AvgIpc) is 3.31. The molecule has 0 aromatic heterocycles. The highest BCUT2D eigenvalue weighted by molar-refractivity contribution is 5.86. The van der Waals surface area contributed by atoms with Crippen LogP contribution in [0.5, 0.6) is 0 Å². The molecule has 0 heterocycles. The number of carbonyl (C=O) groups is 2. The molecule has 2 N–H and O–H groups in total. The van der Waals surface area contributed by atoms with Crippen LogP contribution in [0, 0.1) is 5.92 Å². The number of carbonyl (C=O) groups excluding carboxylic acids is 2. The molecule has 120 valence electrons. The molecule has 0 radical (unpaired) electrons. The second-order valence-electron chi connectivity index (χ2n) is 6.21. The number of amides is 3. The van der Waals surface area contributed by atoms with Gasteiger partial charge < -0.3 is 15.5 Å². The number of nitrogens with zero attached hydrogens (tertiary/aromatic N) is 1. The monoisotopic (exact) mass is 303 g/mol. The fourth-order valence-corrected chi connectivity index (χ4v) is 2.56. The maximum atomic E-state index is 12.1. The Hall–Kier alpha value is -2.04. The van der Waals surface area contributed by atoms with E-state index in [2.05, 4.69) is 22.8 Å². The highest BCUT2D eigenvalue weighted by Gasteiger charge is 2.32. The zero-order chi connectivity index (χ0) is 16.1. The number of rotatable bonds is 6. The van der Waals surface area contributed by atoms with Crippen LogP contribution in [-0.4, -0.2) is 43.0 Å². The third kappa shape index (κ3) is 4.76. The quantitative estimate of drug-likeness (QED) is 0.841. The number of nitrogens with one attached hydrogen (secondary N) is 2. The normalized spacial score (nSPS) is 16.5. The molecular weight excluding hydrogens is 278 g/mol. The third-order valence-corrected chi connectivity index (χ3v) is 3.96. The minimum absolute atomic E-state index is 0.110. The summed E-state index contributed by atoms with van der Waals surface area (Å²) in [7, 11) is 3.36. The Morgan fingerprint density at radius 1 is 1.18 bits per heavy atom. The predicted molar refractivity (Wildman–Crippen MR) is 86.5 cm³/mol. The Balaban J connectivity index is 1.88. The van der Waals surface area contributed by atoms with Gasteiger partial charge in [-0.15, -0.1) is 0 Å². The van der Waals surface area contributed by atoms with Crippen molar-refractivity contribution >= 4 is 11.9 Å². The first-order chi connectivity index (χ1) is 10.5. The van der Waals surface area contributed by atoms with Crippen molar-refractivity contribution in [3.63, 3.8) is 0 Å². The molecule has 1 aliphatic rings. The van der Waals surface area contributed by atoms with Gasteiger partial charge >= 0.3 is 6.03 Å². The molecular formula is C17H25N3O2. The molecule has 2 rings (SSSR count). The predicted octanol–water partition coefficient (Wildman–Crippen LogP) is 1.78. The molecule has 1 fully saturated rings. The van der Waals surface area contributed by atoms with Gasteiger partial charge in [0.15, 0.2) is 0 Å². The van der Waals surface area contributed by atoms with E-state index in [0.717, 1.165) is 19.3 Å². The first-order valence-electron chi connectivity index (χ1n) is 7.79. The van der Waals surface area contributed by atoms with Gasteiger partial charge in [-0.2, -0.15) is 0 Å². The van der Waals surface area contributed by atoms with E-state index >= 15 is 0 Å². The molecule has 0 aliphatic heterocycles. The summed E-state index contributed by atoms with van der Waals surface area (Å²) >= 11 is 0. The van der Waals surface area contributed by atoms with Gasteiger partial charge in [0.25, 0.3) is 0 Å². The Morgan fingerprint density at radius 2 is 1.82 bits per heavy atom. The maximum absolute atomic E-state index is 12.1. The van der Waals surface area contributed by atoms with E-state index in [-0.39, 0.29) is 18.0 Å². The zero-order valence-corrected chi connectivity index (χ0v) is 13.5. The largest absolute Gasteiger partial charge is 0.347 e. The smallest absolute Gasteiger partial charge is 0.315 e. The molecule has 1 aliphatic carbocycles. The Morgan fingerprint density at radius 3 is 2.36 bits per heavy atom. The molecule has 0 unspecified atom stereocenters. The number of urea groups is 1. The van der Waals surface area contributed by atoms with Gasteiger partial charge in [0, 0.05) is 20.1 Å². The second kappa shape index (κ2) is 7.29. The lowest BCUT2D eigenvalue weighted by Gasteiger charge is -2.22. The summed E-state index contributed by atoms with van der Waals surface area (Å²) in [5, 5.41) is 5.75.